The molecule has 2 saturated heterocycles. The maximum Gasteiger partial charge on any atom is 0.332 e. The van der Waals surface area contributed by atoms with E-state index in [0.29, 0.717) is 43.1 Å². The van der Waals surface area contributed by atoms with Crippen molar-refractivity contribution in [3.05, 3.63) is 88.7 Å². The Morgan fingerprint density at radius 1 is 1.00 bits per heavy atom. The number of hydrogen-bond donors (Lipinski definition) is 2. The third kappa shape index (κ3) is 4.95. The number of fused-ring (bicyclic) bond motifs is 3. The van der Waals surface area contributed by atoms with Crippen LogP contribution in [0.1, 0.15) is 56.4 Å². The number of benzene rings is 2. The minimum atomic E-state index is -1.40. The molecule has 1 aliphatic carbocycles. The highest BCUT2D eigenvalue weighted by Crippen LogP contribution is 2.55. The molecule has 0 bridgehead atoms. The van der Waals surface area contributed by atoms with Gasteiger partial charge < -0.3 is 34.1 Å². The molecular weight excluding hydrogens is 562 g/mol. The highest BCUT2D eigenvalue weighted by molar-refractivity contribution is 6.00. The van der Waals surface area contributed by atoms with Gasteiger partial charge in [-0.05, 0) is 66.6 Å². The quantitative estimate of drug-likeness (QED) is 0.362. The Labute approximate surface area is 256 Å². The zero-order chi connectivity index (χ0) is 31.0. The summed E-state index contributed by atoms with van der Waals surface area (Å²) in [6.07, 6.45) is 1.51. The van der Waals surface area contributed by atoms with Gasteiger partial charge in [0.1, 0.15) is 11.4 Å². The number of aliphatic hydroxyl groups is 2. The van der Waals surface area contributed by atoms with E-state index in [0.717, 1.165) is 29.7 Å². The van der Waals surface area contributed by atoms with E-state index in [-0.39, 0.29) is 30.7 Å². The number of aliphatic hydroxyl groups excluding tert-OH is 2. The number of methoxy groups -OCH3 is 2. The lowest BCUT2D eigenvalue weighted by molar-refractivity contribution is -0.153. The van der Waals surface area contributed by atoms with Crippen molar-refractivity contribution in [2.45, 2.75) is 49.8 Å². The first-order valence-electron chi connectivity index (χ1n) is 15.2. The molecule has 0 saturated carbocycles. The molecule has 6 rings (SSSR count). The molecule has 10 nitrogen and oxygen atoms in total. The van der Waals surface area contributed by atoms with Crippen molar-refractivity contribution in [3.8, 4) is 5.75 Å². The highest BCUT2D eigenvalue weighted by atomic mass is 16.5. The van der Waals surface area contributed by atoms with Crippen molar-refractivity contribution < 1.29 is 34.1 Å². The average Bonchev–Trinajstić information content (AvgIpc) is 3.84. The minimum absolute atomic E-state index is 0.0521. The van der Waals surface area contributed by atoms with E-state index in [1.807, 2.05) is 45.9 Å². The van der Waals surface area contributed by atoms with Crippen LogP contribution in [0.25, 0.3) is 0 Å². The third-order valence-corrected chi connectivity index (χ3v) is 9.57. The number of carbonyl (C=O) groups is 3. The maximum atomic E-state index is 14.2. The normalized spacial score (nSPS) is 22.9. The van der Waals surface area contributed by atoms with Crippen molar-refractivity contribution >= 4 is 17.8 Å². The fraction of sp³-hybridized carbons (Fsp3) is 0.441. The lowest BCUT2D eigenvalue weighted by atomic mass is 9.75. The fourth-order valence-electron chi connectivity index (χ4n) is 7.59. The molecule has 0 radical (unpaired) electrons. The van der Waals surface area contributed by atoms with E-state index < -0.39 is 30.1 Å². The molecule has 3 unspecified atom stereocenters. The van der Waals surface area contributed by atoms with E-state index in [1.54, 1.807) is 36.3 Å². The van der Waals surface area contributed by atoms with Crippen LogP contribution < -0.4 is 4.74 Å². The van der Waals surface area contributed by atoms with Crippen LogP contribution in [-0.4, -0.2) is 94.5 Å². The second-order valence-corrected chi connectivity index (χ2v) is 12.0. The summed E-state index contributed by atoms with van der Waals surface area (Å²) in [5.41, 5.74) is 2.00. The minimum Gasteiger partial charge on any atom is -0.497 e. The number of esters is 1. The van der Waals surface area contributed by atoms with Crippen LogP contribution >= 0.6 is 0 Å². The summed E-state index contributed by atoms with van der Waals surface area (Å²) in [5, 5.41) is 20.2. The summed E-state index contributed by atoms with van der Waals surface area (Å²) in [6.45, 7) is 1.24. The van der Waals surface area contributed by atoms with Crippen LogP contribution in [0.2, 0.25) is 0 Å². The van der Waals surface area contributed by atoms with Gasteiger partial charge in [0, 0.05) is 43.2 Å². The predicted octanol–water partition coefficient (Wildman–Crippen LogP) is 2.65. The zero-order valence-corrected chi connectivity index (χ0v) is 25.1. The Morgan fingerprint density at radius 2 is 1.70 bits per heavy atom. The molecule has 4 atom stereocenters. The van der Waals surface area contributed by atoms with E-state index in [9.17, 15) is 24.6 Å². The van der Waals surface area contributed by atoms with Gasteiger partial charge in [0.05, 0.1) is 33.5 Å². The molecule has 2 aliphatic heterocycles. The van der Waals surface area contributed by atoms with Crippen LogP contribution in [0.5, 0.6) is 5.75 Å². The number of likely N-dealkylation sites (tertiary alicyclic amines) is 2. The molecule has 3 heterocycles. The van der Waals surface area contributed by atoms with Crippen molar-refractivity contribution in [1.82, 2.24) is 14.4 Å². The molecule has 0 spiro atoms. The molecule has 2 N–H and O–H groups in total. The highest BCUT2D eigenvalue weighted by Gasteiger charge is 2.64. The first-order chi connectivity index (χ1) is 21.3. The third-order valence-electron chi connectivity index (χ3n) is 9.57. The molecule has 1 aromatic heterocycles. The monoisotopic (exact) mass is 601 g/mol. The Bertz CT molecular complexity index is 1530. The SMILES string of the molecule is COC(=O)[C@@]1(Cc2ccc(OC)cc2)C2c3cc(C(=O)N4CCCC4)n(CC(O)CO)c3CC2CN1C(=O)c1ccccc1. The Morgan fingerprint density at radius 3 is 2.34 bits per heavy atom. The lowest BCUT2D eigenvalue weighted by Crippen LogP contribution is -2.58. The zero-order valence-electron chi connectivity index (χ0n) is 25.1. The van der Waals surface area contributed by atoms with Gasteiger partial charge in [-0.3, -0.25) is 9.59 Å². The van der Waals surface area contributed by atoms with Crippen molar-refractivity contribution in [2.75, 3.05) is 40.5 Å². The lowest BCUT2D eigenvalue weighted by Gasteiger charge is -2.40. The van der Waals surface area contributed by atoms with Crippen LogP contribution in [-0.2, 0) is 28.9 Å². The number of amides is 2. The maximum absolute atomic E-state index is 14.2. The predicted molar refractivity (Wildman–Crippen MR) is 162 cm³/mol. The van der Waals surface area contributed by atoms with Crippen LogP contribution in [0, 0.1) is 5.92 Å². The number of rotatable bonds is 9. The molecule has 3 aromatic rings. The summed E-state index contributed by atoms with van der Waals surface area (Å²) < 4.78 is 12.7. The molecular formula is C34H39N3O7. The largest absolute Gasteiger partial charge is 0.497 e. The summed E-state index contributed by atoms with van der Waals surface area (Å²) in [6, 6.07) is 18.2. The smallest absolute Gasteiger partial charge is 0.332 e. The number of carbonyl (C=O) groups excluding carboxylic acids is 3. The van der Waals surface area contributed by atoms with Crippen LogP contribution in [0.4, 0.5) is 0 Å². The summed E-state index contributed by atoms with van der Waals surface area (Å²) in [4.78, 5) is 45.7. The van der Waals surface area contributed by atoms with Gasteiger partial charge in [-0.2, -0.15) is 0 Å². The van der Waals surface area contributed by atoms with Crippen LogP contribution in [0.15, 0.2) is 60.7 Å². The van der Waals surface area contributed by atoms with Crippen molar-refractivity contribution in [1.29, 1.82) is 0 Å². The van der Waals surface area contributed by atoms with Crippen molar-refractivity contribution in [2.24, 2.45) is 5.92 Å². The van der Waals surface area contributed by atoms with Gasteiger partial charge in [0.15, 0.2) is 5.54 Å². The Balaban J connectivity index is 1.51. The van der Waals surface area contributed by atoms with E-state index >= 15 is 0 Å². The number of ether oxygens (including phenoxy) is 2. The molecule has 2 fully saturated rings. The first-order valence-corrected chi connectivity index (χ1v) is 15.2. The van der Waals surface area contributed by atoms with E-state index in [4.69, 9.17) is 9.47 Å². The average molecular weight is 602 g/mol. The van der Waals surface area contributed by atoms with Crippen molar-refractivity contribution in [3.63, 3.8) is 0 Å². The molecule has 10 heteroatoms. The topological polar surface area (TPSA) is 122 Å². The summed E-state index contributed by atoms with van der Waals surface area (Å²) in [5.74, 6) is -0.823. The summed E-state index contributed by atoms with van der Waals surface area (Å²) >= 11 is 0. The number of hydrogen-bond acceptors (Lipinski definition) is 7. The van der Waals surface area contributed by atoms with Gasteiger partial charge in [-0.25, -0.2) is 4.79 Å². The molecule has 44 heavy (non-hydrogen) atoms. The fourth-order valence-corrected chi connectivity index (χ4v) is 7.59. The van der Waals surface area contributed by atoms with Gasteiger partial charge in [-0.1, -0.05) is 30.3 Å². The van der Waals surface area contributed by atoms with Gasteiger partial charge >= 0.3 is 5.97 Å². The number of nitrogens with zero attached hydrogens (tertiary/aromatic N) is 3. The first kappa shape index (κ1) is 29.9. The molecule has 2 aromatic carbocycles. The standard InChI is InChI=1S/C34H39N3O7/c1-43-26-12-10-22(11-13-26)18-34(33(42)44-2)30-24(19-37(34)31(40)23-8-4-3-5-9-23)16-28-27(30)17-29(36(28)20-25(39)21-38)32(41)35-14-6-7-15-35/h3-5,8-13,17,24-25,30,38-39H,6-7,14-16,18-21H2,1-2H3/t24?,25?,30?,34-/m1/s1. The Kier molecular flexibility index (Phi) is 8.22. The summed E-state index contributed by atoms with van der Waals surface area (Å²) in [7, 11) is 2.93. The second-order valence-electron chi connectivity index (χ2n) is 12.0. The molecule has 3 aliphatic rings. The van der Waals surface area contributed by atoms with E-state index in [1.165, 1.54) is 7.11 Å². The van der Waals surface area contributed by atoms with Gasteiger partial charge in [-0.15, -0.1) is 0 Å². The van der Waals surface area contributed by atoms with Gasteiger partial charge in [0.25, 0.3) is 11.8 Å². The Hall–Kier alpha value is -4.15. The molecule has 2 amide bonds. The van der Waals surface area contributed by atoms with Crippen LogP contribution in [0.3, 0.4) is 0 Å². The number of aromatic nitrogens is 1. The van der Waals surface area contributed by atoms with E-state index in [2.05, 4.69) is 0 Å². The molecule has 232 valence electrons. The second kappa shape index (κ2) is 12.1. The van der Waals surface area contributed by atoms with Gasteiger partial charge in [0.2, 0.25) is 0 Å².